The van der Waals surface area contributed by atoms with Gasteiger partial charge in [0, 0.05) is 19.2 Å². The van der Waals surface area contributed by atoms with E-state index >= 15 is 0 Å². The molecule has 0 aliphatic carbocycles. The molecule has 0 aliphatic heterocycles. The second-order valence-electron chi connectivity index (χ2n) is 5.02. The van der Waals surface area contributed by atoms with Gasteiger partial charge in [0.15, 0.2) is 5.65 Å². The summed E-state index contributed by atoms with van der Waals surface area (Å²) in [5.74, 6) is 0.555. The summed E-state index contributed by atoms with van der Waals surface area (Å²) in [4.78, 5) is 19.8. The van der Waals surface area contributed by atoms with Gasteiger partial charge in [-0.3, -0.25) is 4.79 Å². The van der Waals surface area contributed by atoms with Crippen LogP contribution in [0.2, 0.25) is 0 Å². The minimum absolute atomic E-state index is 0.180. The number of hydrogen-bond donors (Lipinski definition) is 1. The molecule has 6 heteroatoms. The first kappa shape index (κ1) is 14.8. The number of carbonyl (C=O) groups is 1. The minimum Gasteiger partial charge on any atom is -0.370 e. The molecule has 1 atom stereocenters. The molecule has 0 saturated heterocycles. The van der Waals surface area contributed by atoms with Gasteiger partial charge in [-0.25, -0.2) is 9.97 Å². The van der Waals surface area contributed by atoms with Gasteiger partial charge in [0.25, 0.3) is 0 Å². The highest BCUT2D eigenvalue weighted by atomic mass is 35.5. The van der Waals surface area contributed by atoms with Gasteiger partial charge in [-0.1, -0.05) is 0 Å². The van der Waals surface area contributed by atoms with E-state index in [9.17, 15) is 4.79 Å². The van der Waals surface area contributed by atoms with Gasteiger partial charge in [-0.15, -0.1) is 11.6 Å². The molecule has 0 aromatic carbocycles. The Morgan fingerprint density at radius 3 is 2.90 bits per heavy atom. The number of primary amides is 1. The molecule has 2 aromatic rings. The Bertz CT molecular complexity index is 621. The summed E-state index contributed by atoms with van der Waals surface area (Å²) < 4.78 is 2.04. The van der Waals surface area contributed by atoms with E-state index in [1.54, 1.807) is 0 Å². The van der Waals surface area contributed by atoms with Crippen LogP contribution in [0.15, 0.2) is 12.3 Å². The van der Waals surface area contributed by atoms with Crippen LogP contribution in [0.5, 0.6) is 0 Å². The van der Waals surface area contributed by atoms with E-state index in [4.69, 9.17) is 17.3 Å². The van der Waals surface area contributed by atoms with Crippen LogP contribution in [0.3, 0.4) is 0 Å². The predicted molar refractivity (Wildman–Crippen MR) is 79.6 cm³/mol. The number of unbranched alkanes of at least 4 members (excludes halogenated alkanes) is 1. The van der Waals surface area contributed by atoms with E-state index in [-0.39, 0.29) is 11.3 Å². The van der Waals surface area contributed by atoms with E-state index in [0.717, 1.165) is 41.9 Å². The van der Waals surface area contributed by atoms with Gasteiger partial charge in [0.05, 0.1) is 5.38 Å². The third-order valence-electron chi connectivity index (χ3n) is 3.16. The molecule has 1 amide bonds. The zero-order chi connectivity index (χ0) is 14.7. The molecule has 2 N–H and O–H groups in total. The number of imidazole rings is 1. The number of pyridine rings is 1. The van der Waals surface area contributed by atoms with Crippen molar-refractivity contribution in [1.82, 2.24) is 14.5 Å². The molecule has 0 fully saturated rings. The van der Waals surface area contributed by atoms with E-state index in [2.05, 4.69) is 9.97 Å². The molecule has 0 saturated carbocycles. The fraction of sp³-hybridized carbons (Fsp3) is 0.500. The summed E-state index contributed by atoms with van der Waals surface area (Å²) in [5.41, 5.74) is 7.93. The Morgan fingerprint density at radius 2 is 2.25 bits per heavy atom. The van der Waals surface area contributed by atoms with E-state index in [0.29, 0.717) is 6.42 Å². The molecule has 108 valence electrons. The molecule has 2 heterocycles. The smallest absolute Gasteiger partial charge is 0.217 e. The molecule has 0 aliphatic rings. The molecule has 2 aromatic heterocycles. The average molecular weight is 295 g/mol. The highest BCUT2D eigenvalue weighted by Gasteiger charge is 2.15. The standard InChI is InChI=1S/C14H19ClN4O/c1-9-7-11-14(17-8-9)19(13(18-11)10(2)15)6-4-3-5-12(16)20/h7-8,10H,3-6H2,1-2H3,(H2,16,20). The summed E-state index contributed by atoms with van der Waals surface area (Å²) in [7, 11) is 0. The number of rotatable bonds is 6. The topological polar surface area (TPSA) is 73.8 Å². The molecule has 0 radical (unpaired) electrons. The molecular formula is C14H19ClN4O. The molecule has 0 bridgehead atoms. The maximum absolute atomic E-state index is 10.8. The van der Waals surface area contributed by atoms with Gasteiger partial charge < -0.3 is 10.3 Å². The quantitative estimate of drug-likeness (QED) is 0.657. The van der Waals surface area contributed by atoms with Crippen molar-refractivity contribution in [2.45, 2.75) is 45.0 Å². The number of carbonyl (C=O) groups excluding carboxylic acids is 1. The van der Waals surface area contributed by atoms with Crippen molar-refractivity contribution in [2.24, 2.45) is 5.73 Å². The molecule has 20 heavy (non-hydrogen) atoms. The van der Waals surface area contributed by atoms with Crippen LogP contribution in [-0.4, -0.2) is 20.4 Å². The van der Waals surface area contributed by atoms with Crippen LogP contribution in [0, 0.1) is 6.92 Å². The Balaban J connectivity index is 2.24. The maximum Gasteiger partial charge on any atom is 0.217 e. The number of aromatic nitrogens is 3. The van der Waals surface area contributed by atoms with E-state index < -0.39 is 0 Å². The number of halogens is 1. The Morgan fingerprint density at radius 1 is 1.50 bits per heavy atom. The fourth-order valence-electron chi connectivity index (χ4n) is 2.22. The summed E-state index contributed by atoms with van der Waals surface area (Å²) in [5, 5.41) is -0.180. The molecule has 0 spiro atoms. The van der Waals surface area contributed by atoms with Crippen molar-refractivity contribution in [3.63, 3.8) is 0 Å². The van der Waals surface area contributed by atoms with Crippen LogP contribution < -0.4 is 5.73 Å². The number of alkyl halides is 1. The van der Waals surface area contributed by atoms with Crippen LogP contribution in [0.4, 0.5) is 0 Å². The van der Waals surface area contributed by atoms with Crippen LogP contribution in [0.1, 0.15) is 43.0 Å². The van der Waals surface area contributed by atoms with Gasteiger partial charge >= 0.3 is 0 Å². The second kappa shape index (κ2) is 6.22. The summed E-state index contributed by atoms with van der Waals surface area (Å²) in [6.45, 7) is 4.63. The number of aryl methyl sites for hydroxylation is 2. The molecular weight excluding hydrogens is 276 g/mol. The largest absolute Gasteiger partial charge is 0.370 e. The molecule has 2 rings (SSSR count). The first-order chi connectivity index (χ1) is 9.49. The lowest BCUT2D eigenvalue weighted by molar-refractivity contribution is -0.118. The lowest BCUT2D eigenvalue weighted by Gasteiger charge is -2.09. The molecule has 5 nitrogen and oxygen atoms in total. The number of hydrogen-bond acceptors (Lipinski definition) is 3. The number of nitrogens with zero attached hydrogens (tertiary/aromatic N) is 3. The summed E-state index contributed by atoms with van der Waals surface area (Å²) in [6, 6.07) is 2.00. The normalized spacial score (nSPS) is 12.8. The Kier molecular flexibility index (Phi) is 4.60. The second-order valence-corrected chi connectivity index (χ2v) is 5.67. The third-order valence-corrected chi connectivity index (χ3v) is 3.36. The summed E-state index contributed by atoms with van der Waals surface area (Å²) >= 11 is 6.20. The first-order valence-corrected chi connectivity index (χ1v) is 7.18. The van der Waals surface area contributed by atoms with Gasteiger partial charge in [0.2, 0.25) is 5.91 Å². The predicted octanol–water partition coefficient (Wildman–Crippen LogP) is 2.70. The number of fused-ring (bicyclic) bond motifs is 1. The van der Waals surface area contributed by atoms with Crippen LogP contribution in [0.25, 0.3) is 11.2 Å². The van der Waals surface area contributed by atoms with Crippen LogP contribution in [-0.2, 0) is 11.3 Å². The fourth-order valence-corrected chi connectivity index (χ4v) is 2.39. The number of nitrogens with two attached hydrogens (primary N) is 1. The Hall–Kier alpha value is -1.62. The van der Waals surface area contributed by atoms with Crippen LogP contribution >= 0.6 is 11.6 Å². The van der Waals surface area contributed by atoms with Crippen molar-refractivity contribution in [2.75, 3.05) is 0 Å². The van der Waals surface area contributed by atoms with Crippen molar-refractivity contribution < 1.29 is 4.79 Å². The van der Waals surface area contributed by atoms with E-state index in [1.165, 1.54) is 0 Å². The van der Waals surface area contributed by atoms with Crippen molar-refractivity contribution in [1.29, 1.82) is 0 Å². The monoisotopic (exact) mass is 294 g/mol. The lowest BCUT2D eigenvalue weighted by Crippen LogP contribution is -2.11. The minimum atomic E-state index is -0.264. The first-order valence-electron chi connectivity index (χ1n) is 6.74. The third kappa shape index (κ3) is 3.28. The lowest BCUT2D eigenvalue weighted by atomic mass is 10.2. The maximum atomic E-state index is 10.8. The zero-order valence-corrected chi connectivity index (χ0v) is 12.5. The van der Waals surface area contributed by atoms with Gasteiger partial charge in [-0.2, -0.15) is 0 Å². The highest BCUT2D eigenvalue weighted by Crippen LogP contribution is 2.24. The Labute approximate surface area is 123 Å². The number of amides is 1. The van der Waals surface area contributed by atoms with Crippen molar-refractivity contribution in [3.05, 3.63) is 23.7 Å². The van der Waals surface area contributed by atoms with Gasteiger partial charge in [0.1, 0.15) is 11.3 Å². The van der Waals surface area contributed by atoms with E-state index in [1.807, 2.05) is 30.7 Å². The van der Waals surface area contributed by atoms with Gasteiger partial charge in [-0.05, 0) is 38.3 Å². The van der Waals surface area contributed by atoms with Crippen molar-refractivity contribution >= 4 is 28.7 Å². The summed E-state index contributed by atoms with van der Waals surface area (Å²) in [6.07, 6.45) is 3.84. The zero-order valence-electron chi connectivity index (χ0n) is 11.8. The molecule has 1 unspecified atom stereocenters. The van der Waals surface area contributed by atoms with Crippen molar-refractivity contribution in [3.8, 4) is 0 Å². The SMILES string of the molecule is Cc1cnc2c(c1)nc(C(C)Cl)n2CCCCC(N)=O. The average Bonchev–Trinajstić information content (AvgIpc) is 2.72. The highest BCUT2D eigenvalue weighted by molar-refractivity contribution is 6.20.